The molecule has 1 radical (unpaired) electrons. The maximum atomic E-state index is 11.4. The first-order valence-electron chi connectivity index (χ1n) is 4.36. The molecule has 2 nitrogen and oxygen atoms in total. The molecule has 0 N–H and O–H groups in total. The van der Waals surface area contributed by atoms with Crippen molar-refractivity contribution in [2.75, 3.05) is 20.1 Å². The first-order valence-corrected chi connectivity index (χ1v) is 4.36. The first kappa shape index (κ1) is 8.72. The highest BCUT2D eigenvalue weighted by Crippen LogP contribution is 2.17. The van der Waals surface area contributed by atoms with E-state index in [0.29, 0.717) is 16.8 Å². The third-order valence-electron chi connectivity index (χ3n) is 2.62. The van der Waals surface area contributed by atoms with Crippen molar-refractivity contribution in [2.24, 2.45) is 0 Å². The van der Waals surface area contributed by atoms with Crippen molar-refractivity contribution in [2.45, 2.75) is 25.7 Å². The van der Waals surface area contributed by atoms with Crippen molar-refractivity contribution in [3.8, 4) is 0 Å². The van der Waals surface area contributed by atoms with Gasteiger partial charge in [0.05, 0.1) is 26.6 Å². The number of piperidine rings is 1. The minimum Gasteiger partial charge on any atom is -0.263 e. The molecule has 1 amide bonds. The fraction of sp³-hybridized carbons (Fsp3) is 0.778. The van der Waals surface area contributed by atoms with E-state index in [9.17, 15) is 4.79 Å². The number of hydrogen-bond acceptors (Lipinski definition) is 1. The lowest BCUT2D eigenvalue weighted by atomic mass is 10.1. The molecule has 63 valence electrons. The van der Waals surface area contributed by atoms with Gasteiger partial charge >= 0.3 is 5.91 Å². The second-order valence-electron chi connectivity index (χ2n) is 3.55. The predicted molar refractivity (Wildman–Crippen MR) is 44.8 cm³/mol. The van der Waals surface area contributed by atoms with Crippen LogP contribution in [0.5, 0.6) is 0 Å². The summed E-state index contributed by atoms with van der Waals surface area (Å²) in [6.45, 7) is 5.69. The Morgan fingerprint density at radius 2 is 1.91 bits per heavy atom. The van der Waals surface area contributed by atoms with E-state index in [4.69, 9.17) is 0 Å². The van der Waals surface area contributed by atoms with Crippen molar-refractivity contribution in [3.05, 3.63) is 6.92 Å². The van der Waals surface area contributed by atoms with Crippen LogP contribution in [0, 0.1) is 6.92 Å². The number of likely N-dealkylation sites (tertiary alicyclic amines) is 1. The topological polar surface area (TPSA) is 17.1 Å². The van der Waals surface area contributed by atoms with Crippen LogP contribution in [-0.2, 0) is 4.79 Å². The SMILES string of the molecule is [CH2]CC(=O)[N+]1(C)CCCCC1. The van der Waals surface area contributed by atoms with Gasteiger partial charge in [0.25, 0.3) is 0 Å². The molecule has 0 aromatic carbocycles. The smallest absolute Gasteiger partial charge is 0.263 e. The zero-order chi connectivity index (χ0) is 8.32. The van der Waals surface area contributed by atoms with Crippen LogP contribution in [0.1, 0.15) is 25.7 Å². The highest BCUT2D eigenvalue weighted by Gasteiger charge is 2.31. The summed E-state index contributed by atoms with van der Waals surface area (Å²) in [6.07, 6.45) is 4.12. The number of carbonyl (C=O) groups is 1. The van der Waals surface area contributed by atoms with Gasteiger partial charge < -0.3 is 0 Å². The molecule has 0 aromatic rings. The summed E-state index contributed by atoms with van der Waals surface area (Å²) in [5.74, 6) is 0.296. The second-order valence-corrected chi connectivity index (χ2v) is 3.55. The van der Waals surface area contributed by atoms with Crippen LogP contribution in [-0.4, -0.2) is 30.5 Å². The van der Waals surface area contributed by atoms with Gasteiger partial charge in [-0.1, -0.05) is 0 Å². The Bertz CT molecular complexity index is 148. The number of hydrogen-bond donors (Lipinski definition) is 0. The molecule has 0 unspecified atom stereocenters. The summed E-state index contributed by atoms with van der Waals surface area (Å²) in [6, 6.07) is 0. The number of quaternary nitrogens is 1. The minimum atomic E-state index is 0.296. The molecule has 0 saturated carbocycles. The molecule has 0 aliphatic carbocycles. The van der Waals surface area contributed by atoms with Crippen molar-refractivity contribution in [1.82, 2.24) is 0 Å². The maximum Gasteiger partial charge on any atom is 0.313 e. The zero-order valence-electron chi connectivity index (χ0n) is 7.31. The fourth-order valence-electron chi connectivity index (χ4n) is 1.73. The largest absolute Gasteiger partial charge is 0.313 e. The van der Waals surface area contributed by atoms with Crippen LogP contribution < -0.4 is 0 Å². The van der Waals surface area contributed by atoms with Gasteiger partial charge in [-0.3, -0.25) is 4.48 Å². The van der Waals surface area contributed by atoms with Gasteiger partial charge in [-0.15, -0.1) is 0 Å². The lowest BCUT2D eigenvalue weighted by Gasteiger charge is -2.34. The van der Waals surface area contributed by atoms with E-state index in [-0.39, 0.29) is 0 Å². The minimum absolute atomic E-state index is 0.296. The Labute approximate surface area is 68.8 Å². The average Bonchev–Trinajstić information content (AvgIpc) is 2.04. The molecule has 1 rings (SSSR count). The van der Waals surface area contributed by atoms with Gasteiger partial charge in [0.15, 0.2) is 0 Å². The van der Waals surface area contributed by atoms with E-state index in [2.05, 4.69) is 6.92 Å². The van der Waals surface area contributed by atoms with Crippen molar-refractivity contribution < 1.29 is 9.28 Å². The summed E-state index contributed by atoms with van der Waals surface area (Å²) >= 11 is 0. The molecule has 1 heterocycles. The van der Waals surface area contributed by atoms with E-state index < -0.39 is 0 Å². The molecule has 0 aromatic heterocycles. The number of rotatable bonds is 1. The standard InChI is InChI=1S/C9H17NO/c1-3-9(11)10(2)7-5-4-6-8-10/h1,3-8H2,2H3/q+1. The lowest BCUT2D eigenvalue weighted by molar-refractivity contribution is -0.839. The average molecular weight is 155 g/mol. The quantitative estimate of drug-likeness (QED) is 0.523. The summed E-state index contributed by atoms with van der Waals surface area (Å²) in [5, 5.41) is 0. The van der Waals surface area contributed by atoms with Gasteiger partial charge in [0, 0.05) is 0 Å². The molecule has 0 spiro atoms. The van der Waals surface area contributed by atoms with E-state index >= 15 is 0 Å². The molecule has 1 fully saturated rings. The number of amides is 1. The number of carbonyl (C=O) groups excluding carboxylic acids is 1. The molecular formula is C9H17NO+. The monoisotopic (exact) mass is 155 g/mol. The van der Waals surface area contributed by atoms with Gasteiger partial charge in [-0.25, -0.2) is 4.79 Å². The fourth-order valence-corrected chi connectivity index (χ4v) is 1.73. The maximum absolute atomic E-state index is 11.4. The zero-order valence-corrected chi connectivity index (χ0v) is 7.31. The molecule has 0 bridgehead atoms. The lowest BCUT2D eigenvalue weighted by Crippen LogP contribution is -2.52. The third-order valence-corrected chi connectivity index (χ3v) is 2.62. The molecule has 1 aliphatic heterocycles. The van der Waals surface area contributed by atoms with Crippen LogP contribution in [0.2, 0.25) is 0 Å². The van der Waals surface area contributed by atoms with Crippen LogP contribution in [0.3, 0.4) is 0 Å². The summed E-state index contributed by atoms with van der Waals surface area (Å²) in [4.78, 5) is 11.4. The van der Waals surface area contributed by atoms with Gasteiger partial charge in [-0.05, 0) is 26.2 Å². The summed E-state index contributed by atoms with van der Waals surface area (Å²) < 4.78 is 0.628. The van der Waals surface area contributed by atoms with E-state index in [1.807, 2.05) is 7.05 Å². The van der Waals surface area contributed by atoms with Crippen LogP contribution >= 0.6 is 0 Å². The van der Waals surface area contributed by atoms with E-state index in [0.717, 1.165) is 13.1 Å². The normalized spacial score (nSPS) is 23.1. The Balaban J connectivity index is 2.56. The Morgan fingerprint density at radius 3 is 2.36 bits per heavy atom. The second kappa shape index (κ2) is 3.35. The highest BCUT2D eigenvalue weighted by molar-refractivity contribution is 5.69. The van der Waals surface area contributed by atoms with Crippen LogP contribution in [0.4, 0.5) is 0 Å². The molecular weight excluding hydrogens is 138 g/mol. The Morgan fingerprint density at radius 1 is 1.36 bits per heavy atom. The van der Waals surface area contributed by atoms with Gasteiger partial charge in [0.2, 0.25) is 0 Å². The molecule has 1 saturated heterocycles. The summed E-state index contributed by atoms with van der Waals surface area (Å²) in [7, 11) is 2.03. The summed E-state index contributed by atoms with van der Waals surface area (Å²) in [5.41, 5.74) is 0. The van der Waals surface area contributed by atoms with Crippen molar-refractivity contribution in [1.29, 1.82) is 0 Å². The third kappa shape index (κ3) is 1.80. The van der Waals surface area contributed by atoms with Crippen LogP contribution in [0.25, 0.3) is 0 Å². The molecule has 0 atom stereocenters. The molecule has 1 aliphatic rings. The molecule has 2 heteroatoms. The van der Waals surface area contributed by atoms with E-state index in [1.54, 1.807) is 0 Å². The first-order chi connectivity index (χ1) is 5.19. The van der Waals surface area contributed by atoms with Crippen molar-refractivity contribution in [3.63, 3.8) is 0 Å². The highest BCUT2D eigenvalue weighted by atomic mass is 16.2. The Hall–Kier alpha value is -0.370. The van der Waals surface area contributed by atoms with E-state index in [1.165, 1.54) is 19.3 Å². The van der Waals surface area contributed by atoms with Gasteiger partial charge in [-0.2, -0.15) is 0 Å². The Kier molecular flexibility index (Phi) is 2.66. The number of nitrogens with zero attached hydrogens (tertiary/aromatic N) is 1. The molecule has 11 heavy (non-hydrogen) atoms. The van der Waals surface area contributed by atoms with Gasteiger partial charge in [0.1, 0.15) is 0 Å². The predicted octanol–water partition coefficient (Wildman–Crippen LogP) is 1.37. The van der Waals surface area contributed by atoms with Crippen molar-refractivity contribution >= 4 is 5.91 Å². The van der Waals surface area contributed by atoms with Crippen LogP contribution in [0.15, 0.2) is 0 Å².